The molecule has 2 nitrogen and oxygen atoms in total. The zero-order valence-corrected chi connectivity index (χ0v) is 11.5. The van der Waals surface area contributed by atoms with E-state index >= 15 is 0 Å². The summed E-state index contributed by atoms with van der Waals surface area (Å²) in [6, 6.07) is 13.2. The molecule has 90 valence electrons. The van der Waals surface area contributed by atoms with Crippen LogP contribution in [0.3, 0.4) is 0 Å². The van der Waals surface area contributed by atoms with Gasteiger partial charge in [0.1, 0.15) is 0 Å². The van der Waals surface area contributed by atoms with Gasteiger partial charge in [-0.1, -0.05) is 41.4 Å². The topological polar surface area (TPSA) is 20.7 Å². The number of hydrogen-bond acceptors (Lipinski definition) is 1. The van der Waals surface area contributed by atoms with Gasteiger partial charge in [0.25, 0.3) is 0 Å². The Bertz CT molecular complexity index is 789. The highest BCUT2D eigenvalue weighted by Gasteiger charge is 2.11. The number of benzene rings is 2. The summed E-state index contributed by atoms with van der Waals surface area (Å²) >= 11 is 17.8. The number of nitrogens with one attached hydrogen (secondary N) is 1. The maximum Gasteiger partial charge on any atom is 0.182 e. The van der Waals surface area contributed by atoms with Crippen molar-refractivity contribution in [1.82, 2.24) is 9.55 Å². The Kier molecular flexibility index (Phi) is 2.90. The highest BCUT2D eigenvalue weighted by molar-refractivity contribution is 7.71. The molecule has 1 aromatic heterocycles. The largest absolute Gasteiger partial charge is 0.330 e. The Morgan fingerprint density at radius 3 is 2.44 bits per heavy atom. The molecule has 0 fully saturated rings. The summed E-state index contributed by atoms with van der Waals surface area (Å²) in [7, 11) is 0. The molecule has 18 heavy (non-hydrogen) atoms. The monoisotopic (exact) mass is 294 g/mol. The van der Waals surface area contributed by atoms with Crippen LogP contribution in [0.5, 0.6) is 0 Å². The van der Waals surface area contributed by atoms with Crippen molar-refractivity contribution in [2.24, 2.45) is 0 Å². The van der Waals surface area contributed by atoms with Gasteiger partial charge in [0.2, 0.25) is 0 Å². The van der Waals surface area contributed by atoms with E-state index in [1.807, 2.05) is 47.0 Å². The number of hydrogen-bond donors (Lipinski definition) is 1. The van der Waals surface area contributed by atoms with Gasteiger partial charge < -0.3 is 4.98 Å². The molecule has 2 aromatic carbocycles. The first-order valence-corrected chi connectivity index (χ1v) is 6.49. The molecule has 0 spiro atoms. The molecule has 1 N–H and O–H groups in total. The van der Waals surface area contributed by atoms with Crippen molar-refractivity contribution in [3.63, 3.8) is 0 Å². The fraction of sp³-hybridized carbons (Fsp3) is 0. The molecule has 0 amide bonds. The van der Waals surface area contributed by atoms with Gasteiger partial charge in [-0.25, -0.2) is 0 Å². The van der Waals surface area contributed by atoms with Crippen LogP contribution in [0.4, 0.5) is 0 Å². The van der Waals surface area contributed by atoms with Crippen molar-refractivity contribution in [2.75, 3.05) is 0 Å². The smallest absolute Gasteiger partial charge is 0.182 e. The third-order valence-electron chi connectivity index (χ3n) is 2.75. The maximum absolute atomic E-state index is 6.25. The highest BCUT2D eigenvalue weighted by Crippen LogP contribution is 2.29. The molecule has 0 aliphatic carbocycles. The van der Waals surface area contributed by atoms with Crippen molar-refractivity contribution < 1.29 is 0 Å². The third-order valence-corrected chi connectivity index (χ3v) is 3.66. The fourth-order valence-electron chi connectivity index (χ4n) is 1.98. The molecule has 0 saturated heterocycles. The van der Waals surface area contributed by atoms with Crippen LogP contribution in [0.25, 0.3) is 16.7 Å². The minimum absolute atomic E-state index is 0.575. The zero-order valence-electron chi connectivity index (χ0n) is 9.15. The number of fused-ring (bicyclic) bond motifs is 1. The lowest BCUT2D eigenvalue weighted by atomic mass is 10.3. The van der Waals surface area contributed by atoms with Gasteiger partial charge in [0.15, 0.2) is 4.77 Å². The molecule has 0 aliphatic heterocycles. The lowest BCUT2D eigenvalue weighted by Crippen LogP contribution is -1.95. The Hall–Kier alpha value is -1.29. The normalized spacial score (nSPS) is 11.0. The van der Waals surface area contributed by atoms with Crippen molar-refractivity contribution in [1.29, 1.82) is 0 Å². The minimum Gasteiger partial charge on any atom is -0.330 e. The number of rotatable bonds is 1. The molecule has 3 aromatic rings. The van der Waals surface area contributed by atoms with E-state index in [1.165, 1.54) is 0 Å². The molecule has 0 saturated carbocycles. The van der Waals surface area contributed by atoms with Crippen LogP contribution < -0.4 is 0 Å². The number of H-pyrrole nitrogens is 1. The van der Waals surface area contributed by atoms with E-state index in [0.29, 0.717) is 14.8 Å². The SMILES string of the molecule is S=c1[nH]c2cccc(Cl)c2n1-c1ccccc1Cl. The minimum atomic E-state index is 0.575. The van der Waals surface area contributed by atoms with Crippen LogP contribution in [0.2, 0.25) is 10.0 Å². The second-order valence-electron chi connectivity index (χ2n) is 3.85. The van der Waals surface area contributed by atoms with Gasteiger partial charge in [-0.3, -0.25) is 4.57 Å². The summed E-state index contributed by atoms with van der Waals surface area (Å²) in [4.78, 5) is 3.13. The van der Waals surface area contributed by atoms with Crippen LogP contribution >= 0.6 is 35.4 Å². The van der Waals surface area contributed by atoms with E-state index < -0.39 is 0 Å². The number of para-hydroxylation sites is 2. The van der Waals surface area contributed by atoms with Gasteiger partial charge in [-0.2, -0.15) is 0 Å². The van der Waals surface area contributed by atoms with E-state index in [-0.39, 0.29) is 0 Å². The molecule has 0 radical (unpaired) electrons. The van der Waals surface area contributed by atoms with E-state index in [4.69, 9.17) is 35.4 Å². The predicted octanol–water partition coefficient (Wildman–Crippen LogP) is 4.99. The molecule has 1 heterocycles. The summed E-state index contributed by atoms with van der Waals surface area (Å²) in [5.41, 5.74) is 2.56. The van der Waals surface area contributed by atoms with E-state index in [2.05, 4.69) is 4.98 Å². The van der Waals surface area contributed by atoms with Crippen LogP contribution in [-0.2, 0) is 0 Å². The Labute approximate surface area is 119 Å². The molecular formula is C13H8Cl2N2S. The van der Waals surface area contributed by atoms with Crippen molar-refractivity contribution in [3.05, 3.63) is 57.3 Å². The van der Waals surface area contributed by atoms with Gasteiger partial charge in [0.05, 0.1) is 26.8 Å². The first-order chi connectivity index (χ1) is 8.68. The third kappa shape index (κ3) is 1.75. The molecule has 5 heteroatoms. The van der Waals surface area contributed by atoms with Gasteiger partial charge in [0, 0.05) is 0 Å². The molecule has 0 unspecified atom stereocenters. The number of halogens is 2. The Morgan fingerprint density at radius 2 is 1.67 bits per heavy atom. The Balaban J connectivity index is 2.47. The highest BCUT2D eigenvalue weighted by atomic mass is 35.5. The summed E-state index contributed by atoms with van der Waals surface area (Å²) in [5.74, 6) is 0. The van der Waals surface area contributed by atoms with Crippen molar-refractivity contribution >= 4 is 46.5 Å². The summed E-state index contributed by atoms with van der Waals surface area (Å²) in [6.07, 6.45) is 0. The van der Waals surface area contributed by atoms with Crippen molar-refractivity contribution in [3.8, 4) is 5.69 Å². The second-order valence-corrected chi connectivity index (χ2v) is 5.05. The van der Waals surface area contributed by atoms with Crippen LogP contribution in [-0.4, -0.2) is 9.55 Å². The van der Waals surface area contributed by atoms with Crippen LogP contribution in [0.1, 0.15) is 0 Å². The Morgan fingerprint density at radius 1 is 0.944 bits per heavy atom. The summed E-state index contributed by atoms with van der Waals surface area (Å²) in [5, 5.41) is 1.27. The van der Waals surface area contributed by atoms with Crippen molar-refractivity contribution in [2.45, 2.75) is 0 Å². The lowest BCUT2D eigenvalue weighted by Gasteiger charge is -2.07. The molecular weight excluding hydrogens is 287 g/mol. The number of nitrogens with zero attached hydrogens (tertiary/aromatic N) is 1. The zero-order chi connectivity index (χ0) is 12.7. The molecule has 0 bridgehead atoms. The van der Waals surface area contributed by atoms with E-state index in [0.717, 1.165) is 16.7 Å². The lowest BCUT2D eigenvalue weighted by molar-refractivity contribution is 1.07. The van der Waals surface area contributed by atoms with Gasteiger partial charge in [-0.05, 0) is 36.5 Å². The quantitative estimate of drug-likeness (QED) is 0.627. The summed E-state index contributed by atoms with van der Waals surface area (Å²) in [6.45, 7) is 0. The standard InChI is InChI=1S/C13H8Cl2N2S/c14-8-4-1-2-7-11(8)17-12-9(15)5-3-6-10(12)16-13(17)18/h1-7H,(H,16,18). The number of aromatic nitrogens is 2. The first-order valence-electron chi connectivity index (χ1n) is 5.32. The van der Waals surface area contributed by atoms with Crippen LogP contribution in [0.15, 0.2) is 42.5 Å². The van der Waals surface area contributed by atoms with Gasteiger partial charge in [-0.15, -0.1) is 0 Å². The van der Waals surface area contributed by atoms with E-state index in [9.17, 15) is 0 Å². The summed E-state index contributed by atoms with van der Waals surface area (Å²) < 4.78 is 2.43. The van der Waals surface area contributed by atoms with Gasteiger partial charge >= 0.3 is 0 Å². The number of aromatic amines is 1. The average molecular weight is 295 g/mol. The van der Waals surface area contributed by atoms with E-state index in [1.54, 1.807) is 0 Å². The van der Waals surface area contributed by atoms with Crippen LogP contribution in [0, 0.1) is 4.77 Å². The average Bonchev–Trinajstić information content (AvgIpc) is 2.68. The molecule has 0 atom stereocenters. The number of imidazole rings is 1. The second kappa shape index (κ2) is 4.43. The fourth-order valence-corrected chi connectivity index (χ4v) is 2.76. The predicted molar refractivity (Wildman–Crippen MR) is 78.5 cm³/mol. The maximum atomic E-state index is 6.25. The first kappa shape index (κ1) is 11.8. The molecule has 3 rings (SSSR count). The molecule has 0 aliphatic rings.